The number of carbonyl (C=O) groups is 1. The Labute approximate surface area is 60.6 Å². The summed E-state index contributed by atoms with van der Waals surface area (Å²) in [4.78, 5) is 10.3. The first kappa shape index (κ1) is 9.39. The van der Waals surface area contributed by atoms with Crippen LogP contribution in [0.2, 0.25) is 0 Å². The Hall–Kier alpha value is -0.610. The molecule has 0 spiro atoms. The minimum atomic E-state index is -0.789. The summed E-state index contributed by atoms with van der Waals surface area (Å²) >= 11 is 0. The summed E-state index contributed by atoms with van der Waals surface area (Å²) < 4.78 is 0. The van der Waals surface area contributed by atoms with Gasteiger partial charge in [-0.2, -0.15) is 0 Å². The summed E-state index contributed by atoms with van der Waals surface area (Å²) in [6, 6.07) is 0. The molecule has 0 aliphatic rings. The van der Waals surface area contributed by atoms with Gasteiger partial charge in [0.25, 0.3) is 0 Å². The second-order valence-corrected chi connectivity index (χ2v) is 2.85. The summed E-state index contributed by atoms with van der Waals surface area (Å²) in [6.07, 6.45) is 0. The SMILES string of the molecule is CC(=O)NNCC(C)(C)O. The number of aliphatic hydroxyl groups is 1. The maximum Gasteiger partial charge on any atom is 0.230 e. The van der Waals surface area contributed by atoms with Gasteiger partial charge in [-0.1, -0.05) is 0 Å². The second kappa shape index (κ2) is 3.53. The van der Waals surface area contributed by atoms with Gasteiger partial charge in [0, 0.05) is 13.5 Å². The number of carbonyl (C=O) groups excluding carboxylic acids is 1. The van der Waals surface area contributed by atoms with Gasteiger partial charge in [0.1, 0.15) is 0 Å². The van der Waals surface area contributed by atoms with E-state index in [2.05, 4.69) is 10.9 Å². The topological polar surface area (TPSA) is 61.4 Å². The van der Waals surface area contributed by atoms with Crippen LogP contribution in [0.4, 0.5) is 0 Å². The monoisotopic (exact) mass is 146 g/mol. The zero-order chi connectivity index (χ0) is 8.20. The molecule has 0 saturated heterocycles. The van der Waals surface area contributed by atoms with Crippen LogP contribution in [0.1, 0.15) is 20.8 Å². The lowest BCUT2D eigenvalue weighted by Crippen LogP contribution is -2.44. The van der Waals surface area contributed by atoms with E-state index in [9.17, 15) is 4.79 Å². The van der Waals surface area contributed by atoms with E-state index in [0.29, 0.717) is 6.54 Å². The lowest BCUT2D eigenvalue weighted by Gasteiger charge is -2.17. The Morgan fingerprint density at radius 1 is 1.60 bits per heavy atom. The number of rotatable bonds is 3. The fourth-order valence-electron chi connectivity index (χ4n) is 0.385. The predicted molar refractivity (Wildman–Crippen MR) is 38.1 cm³/mol. The number of hydrazine groups is 1. The Morgan fingerprint density at radius 2 is 2.10 bits per heavy atom. The van der Waals surface area contributed by atoms with Crippen molar-refractivity contribution in [2.75, 3.05) is 6.54 Å². The smallest absolute Gasteiger partial charge is 0.230 e. The number of nitrogens with one attached hydrogen (secondary N) is 2. The molecule has 0 rings (SSSR count). The van der Waals surface area contributed by atoms with Gasteiger partial charge in [-0.3, -0.25) is 10.2 Å². The largest absolute Gasteiger partial charge is 0.389 e. The van der Waals surface area contributed by atoms with Crippen LogP contribution >= 0.6 is 0 Å². The Bertz CT molecular complexity index is 117. The first-order valence-corrected chi connectivity index (χ1v) is 3.13. The van der Waals surface area contributed by atoms with Crippen LogP contribution in [0.25, 0.3) is 0 Å². The Kier molecular flexibility index (Phi) is 3.32. The van der Waals surface area contributed by atoms with Gasteiger partial charge in [-0.25, -0.2) is 5.43 Å². The molecule has 60 valence electrons. The van der Waals surface area contributed by atoms with Crippen molar-refractivity contribution in [1.82, 2.24) is 10.9 Å². The molecular formula is C6H14N2O2. The molecule has 0 heterocycles. The molecule has 1 amide bonds. The molecule has 0 aromatic carbocycles. The van der Waals surface area contributed by atoms with E-state index in [-0.39, 0.29) is 5.91 Å². The van der Waals surface area contributed by atoms with Crippen molar-refractivity contribution in [3.05, 3.63) is 0 Å². The van der Waals surface area contributed by atoms with E-state index in [1.165, 1.54) is 6.92 Å². The average molecular weight is 146 g/mol. The van der Waals surface area contributed by atoms with E-state index in [0.717, 1.165) is 0 Å². The molecule has 0 saturated carbocycles. The van der Waals surface area contributed by atoms with Crippen molar-refractivity contribution in [2.45, 2.75) is 26.4 Å². The van der Waals surface area contributed by atoms with Crippen molar-refractivity contribution in [1.29, 1.82) is 0 Å². The first-order chi connectivity index (χ1) is 4.42. The number of hydrogen-bond acceptors (Lipinski definition) is 3. The third-order valence-electron chi connectivity index (χ3n) is 0.785. The van der Waals surface area contributed by atoms with E-state index >= 15 is 0 Å². The highest BCUT2D eigenvalue weighted by Gasteiger charge is 2.10. The molecule has 0 aromatic rings. The summed E-state index contributed by atoms with van der Waals surface area (Å²) in [6.45, 7) is 5.05. The lowest BCUT2D eigenvalue weighted by atomic mass is 10.1. The molecule has 4 heteroatoms. The summed E-state index contributed by atoms with van der Waals surface area (Å²) in [5.74, 6) is -0.163. The quantitative estimate of drug-likeness (QED) is 0.466. The van der Waals surface area contributed by atoms with Crippen molar-refractivity contribution in [3.63, 3.8) is 0 Å². The fourth-order valence-corrected chi connectivity index (χ4v) is 0.385. The lowest BCUT2D eigenvalue weighted by molar-refractivity contribution is -0.120. The normalized spacial score (nSPS) is 11.2. The van der Waals surface area contributed by atoms with Crippen LogP contribution in [0, 0.1) is 0 Å². The van der Waals surface area contributed by atoms with Gasteiger partial charge in [0.15, 0.2) is 0 Å². The maximum absolute atomic E-state index is 10.3. The molecule has 0 bridgehead atoms. The maximum atomic E-state index is 10.3. The van der Waals surface area contributed by atoms with E-state index in [1.54, 1.807) is 13.8 Å². The fraction of sp³-hybridized carbons (Fsp3) is 0.833. The van der Waals surface area contributed by atoms with Crippen molar-refractivity contribution < 1.29 is 9.90 Å². The molecule has 0 fully saturated rings. The van der Waals surface area contributed by atoms with Crippen LogP contribution in [0.5, 0.6) is 0 Å². The molecule has 0 aliphatic heterocycles. The van der Waals surface area contributed by atoms with Crippen molar-refractivity contribution >= 4 is 5.91 Å². The van der Waals surface area contributed by atoms with Gasteiger partial charge >= 0.3 is 0 Å². The molecule has 4 nitrogen and oxygen atoms in total. The average Bonchev–Trinajstić information content (AvgIpc) is 1.59. The van der Waals surface area contributed by atoms with Crippen LogP contribution in [0.15, 0.2) is 0 Å². The third kappa shape index (κ3) is 7.39. The highest BCUT2D eigenvalue weighted by atomic mass is 16.3. The summed E-state index contributed by atoms with van der Waals surface area (Å²) in [7, 11) is 0. The highest BCUT2D eigenvalue weighted by Crippen LogP contribution is 1.95. The standard InChI is InChI=1S/C6H14N2O2/c1-5(9)8-7-4-6(2,3)10/h7,10H,4H2,1-3H3,(H,8,9). The predicted octanol–water partition coefficient (Wildman–Crippen LogP) is -0.602. The van der Waals surface area contributed by atoms with Gasteiger partial charge in [0.05, 0.1) is 5.60 Å². The van der Waals surface area contributed by atoms with Crippen LogP contribution in [-0.4, -0.2) is 23.2 Å². The third-order valence-corrected chi connectivity index (χ3v) is 0.785. The number of hydrogen-bond donors (Lipinski definition) is 3. The molecule has 0 atom stereocenters. The van der Waals surface area contributed by atoms with Crippen LogP contribution in [0.3, 0.4) is 0 Å². The van der Waals surface area contributed by atoms with Crippen molar-refractivity contribution in [3.8, 4) is 0 Å². The molecule has 3 N–H and O–H groups in total. The van der Waals surface area contributed by atoms with E-state index < -0.39 is 5.60 Å². The minimum Gasteiger partial charge on any atom is -0.389 e. The molecule has 0 unspecified atom stereocenters. The Balaban J connectivity index is 3.29. The molecule has 0 aromatic heterocycles. The molecular weight excluding hydrogens is 132 g/mol. The zero-order valence-electron chi connectivity index (χ0n) is 6.56. The van der Waals surface area contributed by atoms with Gasteiger partial charge in [0.2, 0.25) is 5.91 Å². The molecule has 0 aliphatic carbocycles. The van der Waals surface area contributed by atoms with Gasteiger partial charge < -0.3 is 5.11 Å². The van der Waals surface area contributed by atoms with Gasteiger partial charge in [-0.05, 0) is 13.8 Å². The van der Waals surface area contributed by atoms with Crippen LogP contribution in [-0.2, 0) is 4.79 Å². The van der Waals surface area contributed by atoms with Crippen molar-refractivity contribution in [2.24, 2.45) is 0 Å². The highest BCUT2D eigenvalue weighted by molar-refractivity contribution is 5.72. The van der Waals surface area contributed by atoms with Crippen LogP contribution < -0.4 is 10.9 Å². The molecule has 10 heavy (non-hydrogen) atoms. The zero-order valence-corrected chi connectivity index (χ0v) is 6.56. The molecule has 0 radical (unpaired) electrons. The number of amides is 1. The Morgan fingerprint density at radius 3 is 2.40 bits per heavy atom. The summed E-state index contributed by atoms with van der Waals surface area (Å²) in [5, 5.41) is 9.12. The first-order valence-electron chi connectivity index (χ1n) is 3.13. The van der Waals surface area contributed by atoms with Gasteiger partial charge in [-0.15, -0.1) is 0 Å². The summed E-state index contributed by atoms with van der Waals surface area (Å²) in [5.41, 5.74) is 4.14. The van der Waals surface area contributed by atoms with E-state index in [1.807, 2.05) is 0 Å². The van der Waals surface area contributed by atoms with E-state index in [4.69, 9.17) is 5.11 Å². The minimum absolute atomic E-state index is 0.163. The second-order valence-electron chi connectivity index (χ2n) is 2.85.